The molecule has 0 fully saturated rings. The van der Waals surface area contributed by atoms with Gasteiger partial charge < -0.3 is 4.90 Å². The summed E-state index contributed by atoms with van der Waals surface area (Å²) in [5.41, 5.74) is 0.283. The number of amides is 1. The second-order valence-electron chi connectivity index (χ2n) is 4.30. The minimum Gasteiger partial charge on any atom is -0.342 e. The van der Waals surface area contributed by atoms with Crippen LogP contribution in [0.4, 0.5) is 4.39 Å². The van der Waals surface area contributed by atoms with Crippen molar-refractivity contribution in [3.8, 4) is 0 Å². The minimum atomic E-state index is -0.421. The number of rotatable bonds is 7. The van der Waals surface area contributed by atoms with Gasteiger partial charge in [-0.05, 0) is 18.6 Å². The molecule has 1 amide bonds. The minimum absolute atomic E-state index is 0.0161. The Morgan fingerprint density at radius 1 is 1.42 bits per heavy atom. The molecule has 0 saturated carbocycles. The van der Waals surface area contributed by atoms with Crippen LogP contribution in [0.2, 0.25) is 5.02 Å². The Labute approximate surface area is 127 Å². The summed E-state index contributed by atoms with van der Waals surface area (Å²) in [7, 11) is 0. The lowest BCUT2D eigenvalue weighted by Crippen LogP contribution is -2.35. The zero-order valence-corrected chi connectivity index (χ0v) is 13.3. The first-order chi connectivity index (χ1) is 9.10. The molecule has 0 aromatic heterocycles. The van der Waals surface area contributed by atoms with Gasteiger partial charge in [0, 0.05) is 29.0 Å². The summed E-state index contributed by atoms with van der Waals surface area (Å²) in [5, 5.41) is 1.02. The van der Waals surface area contributed by atoms with Crippen LogP contribution in [0.3, 0.4) is 0 Å². The molecular formula is C14H18BrClFNO. The summed E-state index contributed by atoms with van der Waals surface area (Å²) in [6.45, 7) is 3.41. The predicted molar refractivity (Wildman–Crippen MR) is 80.4 cm³/mol. The summed E-state index contributed by atoms with van der Waals surface area (Å²) < 4.78 is 13.6. The number of alkyl halides is 1. The highest BCUT2D eigenvalue weighted by Gasteiger charge is 2.17. The molecule has 1 aromatic rings. The molecule has 0 heterocycles. The Bertz CT molecular complexity index is 408. The summed E-state index contributed by atoms with van der Waals surface area (Å²) >= 11 is 9.27. The van der Waals surface area contributed by atoms with Crippen LogP contribution < -0.4 is 0 Å². The van der Waals surface area contributed by atoms with E-state index in [9.17, 15) is 9.18 Å². The van der Waals surface area contributed by atoms with Crippen LogP contribution >= 0.6 is 27.5 Å². The van der Waals surface area contributed by atoms with Crippen LogP contribution in [0, 0.1) is 5.82 Å². The van der Waals surface area contributed by atoms with E-state index in [2.05, 4.69) is 22.9 Å². The van der Waals surface area contributed by atoms with Crippen LogP contribution in [0.15, 0.2) is 18.2 Å². The van der Waals surface area contributed by atoms with E-state index in [0.717, 1.165) is 12.8 Å². The van der Waals surface area contributed by atoms with Crippen molar-refractivity contribution >= 4 is 33.4 Å². The molecular weight excluding hydrogens is 333 g/mol. The number of nitrogens with zero attached hydrogens (tertiary/aromatic N) is 1. The molecule has 0 aliphatic carbocycles. The molecule has 106 valence electrons. The first-order valence-corrected chi connectivity index (χ1v) is 7.86. The smallest absolute Gasteiger partial charge is 0.227 e. The summed E-state index contributed by atoms with van der Waals surface area (Å²) in [5.74, 6) is -0.505. The average molecular weight is 351 g/mol. The Hall–Kier alpha value is -0.610. The molecule has 0 bridgehead atoms. The fourth-order valence-corrected chi connectivity index (χ4v) is 2.43. The van der Waals surface area contributed by atoms with Gasteiger partial charge in [-0.25, -0.2) is 4.39 Å². The molecule has 1 rings (SSSR count). The molecule has 0 spiro atoms. The Kier molecular flexibility index (Phi) is 7.39. The van der Waals surface area contributed by atoms with E-state index in [1.807, 2.05) is 0 Å². The third-order valence-corrected chi connectivity index (χ3v) is 3.59. The lowest BCUT2D eigenvalue weighted by Gasteiger charge is -2.22. The normalized spacial score (nSPS) is 10.5. The summed E-state index contributed by atoms with van der Waals surface area (Å²) in [6.07, 6.45) is 1.98. The molecule has 2 nitrogen and oxygen atoms in total. The number of halogens is 3. The van der Waals surface area contributed by atoms with Crippen molar-refractivity contribution in [1.82, 2.24) is 4.90 Å². The number of unbranched alkanes of at least 4 members (excludes halogenated alkanes) is 1. The molecule has 5 heteroatoms. The largest absolute Gasteiger partial charge is 0.342 e. The van der Waals surface area contributed by atoms with E-state index in [1.165, 1.54) is 6.07 Å². The number of carbonyl (C=O) groups excluding carboxylic acids is 1. The summed E-state index contributed by atoms with van der Waals surface area (Å²) in [6, 6.07) is 4.47. The third kappa shape index (κ3) is 5.11. The van der Waals surface area contributed by atoms with Gasteiger partial charge in [-0.15, -0.1) is 0 Å². The SMILES string of the molecule is CCCCN(CCBr)C(=O)Cc1c(F)cccc1Cl. The standard InChI is InChI=1S/C14H18BrClFNO/c1-2-3-8-18(9-7-15)14(19)10-11-12(16)5-4-6-13(11)17/h4-6H,2-3,7-10H2,1H3. The first-order valence-electron chi connectivity index (χ1n) is 6.36. The van der Waals surface area contributed by atoms with Gasteiger partial charge in [-0.1, -0.05) is 46.9 Å². The van der Waals surface area contributed by atoms with Crippen molar-refractivity contribution in [3.63, 3.8) is 0 Å². The lowest BCUT2D eigenvalue weighted by molar-refractivity contribution is -0.130. The van der Waals surface area contributed by atoms with Crippen molar-refractivity contribution in [2.45, 2.75) is 26.2 Å². The zero-order valence-electron chi connectivity index (χ0n) is 11.0. The van der Waals surface area contributed by atoms with Crippen molar-refractivity contribution in [2.24, 2.45) is 0 Å². The van der Waals surface area contributed by atoms with Gasteiger partial charge in [0.15, 0.2) is 0 Å². The van der Waals surface area contributed by atoms with E-state index < -0.39 is 5.82 Å². The number of hydrogen-bond donors (Lipinski definition) is 0. The van der Waals surface area contributed by atoms with Gasteiger partial charge in [0.25, 0.3) is 0 Å². The number of hydrogen-bond acceptors (Lipinski definition) is 1. The van der Waals surface area contributed by atoms with Crippen LogP contribution in [-0.4, -0.2) is 29.2 Å². The van der Waals surface area contributed by atoms with E-state index in [0.29, 0.717) is 23.4 Å². The quantitative estimate of drug-likeness (QED) is 0.680. The maximum Gasteiger partial charge on any atom is 0.227 e. The highest BCUT2D eigenvalue weighted by atomic mass is 79.9. The second-order valence-corrected chi connectivity index (χ2v) is 5.50. The van der Waals surface area contributed by atoms with Gasteiger partial charge in [0.1, 0.15) is 5.82 Å². The van der Waals surface area contributed by atoms with Crippen molar-refractivity contribution in [1.29, 1.82) is 0 Å². The highest BCUT2D eigenvalue weighted by Crippen LogP contribution is 2.20. The van der Waals surface area contributed by atoms with Gasteiger partial charge in [-0.2, -0.15) is 0 Å². The first kappa shape index (κ1) is 16.4. The van der Waals surface area contributed by atoms with E-state index in [1.54, 1.807) is 17.0 Å². The third-order valence-electron chi connectivity index (χ3n) is 2.88. The fraction of sp³-hybridized carbons (Fsp3) is 0.500. The molecule has 0 N–H and O–H groups in total. The number of benzene rings is 1. The Balaban J connectivity index is 2.75. The molecule has 0 atom stereocenters. The Morgan fingerprint density at radius 2 is 2.16 bits per heavy atom. The van der Waals surface area contributed by atoms with Crippen molar-refractivity contribution < 1.29 is 9.18 Å². The molecule has 0 aliphatic heterocycles. The van der Waals surface area contributed by atoms with Crippen LogP contribution in [-0.2, 0) is 11.2 Å². The maximum atomic E-state index is 13.6. The molecule has 19 heavy (non-hydrogen) atoms. The van der Waals surface area contributed by atoms with Crippen molar-refractivity contribution in [3.05, 3.63) is 34.6 Å². The molecule has 0 aliphatic rings. The monoisotopic (exact) mass is 349 g/mol. The maximum absolute atomic E-state index is 13.6. The highest BCUT2D eigenvalue weighted by molar-refractivity contribution is 9.09. The molecule has 0 unspecified atom stereocenters. The van der Waals surface area contributed by atoms with Gasteiger partial charge in [0.2, 0.25) is 5.91 Å². The van der Waals surface area contributed by atoms with E-state index >= 15 is 0 Å². The van der Waals surface area contributed by atoms with Crippen LogP contribution in [0.5, 0.6) is 0 Å². The van der Waals surface area contributed by atoms with Crippen LogP contribution in [0.1, 0.15) is 25.3 Å². The second kappa shape index (κ2) is 8.54. The molecule has 0 saturated heterocycles. The Morgan fingerprint density at radius 3 is 2.74 bits per heavy atom. The van der Waals surface area contributed by atoms with E-state index in [-0.39, 0.29) is 17.9 Å². The predicted octanol–water partition coefficient (Wildman–Crippen LogP) is 4.05. The lowest BCUT2D eigenvalue weighted by atomic mass is 10.1. The van der Waals surface area contributed by atoms with Gasteiger partial charge >= 0.3 is 0 Å². The zero-order chi connectivity index (χ0) is 14.3. The van der Waals surface area contributed by atoms with Crippen molar-refractivity contribution in [2.75, 3.05) is 18.4 Å². The molecule has 1 aromatic carbocycles. The van der Waals surface area contributed by atoms with Gasteiger partial charge in [-0.3, -0.25) is 4.79 Å². The topological polar surface area (TPSA) is 20.3 Å². The average Bonchev–Trinajstić information content (AvgIpc) is 2.38. The molecule has 0 radical (unpaired) electrons. The fourth-order valence-electron chi connectivity index (χ4n) is 1.78. The van der Waals surface area contributed by atoms with E-state index in [4.69, 9.17) is 11.6 Å². The van der Waals surface area contributed by atoms with Gasteiger partial charge in [0.05, 0.1) is 6.42 Å². The summed E-state index contributed by atoms with van der Waals surface area (Å²) in [4.78, 5) is 13.9. The number of carbonyl (C=O) groups is 1. The van der Waals surface area contributed by atoms with Crippen LogP contribution in [0.25, 0.3) is 0 Å².